The van der Waals surface area contributed by atoms with Crippen molar-refractivity contribution in [2.24, 2.45) is 0 Å². The number of ether oxygens (including phenoxy) is 2. The number of hydrogen-bond acceptors (Lipinski definition) is 4. The molecule has 0 spiro atoms. The quantitative estimate of drug-likeness (QED) is 0.789. The number of amides is 1. The van der Waals surface area contributed by atoms with E-state index in [1.165, 1.54) is 19.3 Å². The van der Waals surface area contributed by atoms with E-state index in [9.17, 15) is 4.79 Å². The third kappa shape index (κ3) is 2.53. The molecule has 0 radical (unpaired) electrons. The van der Waals surface area contributed by atoms with Crippen LogP contribution in [0.15, 0.2) is 0 Å². The first-order valence-electron chi connectivity index (χ1n) is 7.93. The van der Waals surface area contributed by atoms with E-state index in [-0.39, 0.29) is 11.6 Å². The molecule has 1 unspecified atom stereocenters. The van der Waals surface area contributed by atoms with Gasteiger partial charge in [0.25, 0.3) is 0 Å². The Morgan fingerprint density at radius 2 is 2.00 bits per heavy atom. The minimum absolute atomic E-state index is 0.120. The number of carbonyl (C=O) groups excluding carboxylic acids is 1. The van der Waals surface area contributed by atoms with Crippen LogP contribution in [-0.4, -0.2) is 67.4 Å². The standard InChI is InChI=1S/C15H26N2O3/c1-19-12-15-6-4-10-17(15)13(5-7-15)11-20-14(18)16-8-2-3-9-16/h13H,2-12H2,1H3/t13?,15-/m1/s1. The molecule has 3 heterocycles. The van der Waals surface area contributed by atoms with Crippen molar-refractivity contribution >= 4 is 6.09 Å². The smallest absolute Gasteiger partial charge is 0.409 e. The molecule has 1 amide bonds. The monoisotopic (exact) mass is 282 g/mol. The van der Waals surface area contributed by atoms with Crippen LogP contribution in [0, 0.1) is 0 Å². The van der Waals surface area contributed by atoms with Crippen LogP contribution < -0.4 is 0 Å². The molecule has 0 aromatic carbocycles. The van der Waals surface area contributed by atoms with Crippen molar-refractivity contribution in [2.45, 2.75) is 50.1 Å². The lowest BCUT2D eigenvalue weighted by Gasteiger charge is -2.34. The molecule has 2 atom stereocenters. The molecule has 5 nitrogen and oxygen atoms in total. The molecular weight excluding hydrogens is 256 g/mol. The number of rotatable bonds is 4. The predicted molar refractivity (Wildman–Crippen MR) is 75.7 cm³/mol. The summed E-state index contributed by atoms with van der Waals surface area (Å²) < 4.78 is 11.0. The molecule has 3 saturated heterocycles. The average Bonchev–Trinajstić information content (AvgIpc) is 3.13. The molecule has 0 bridgehead atoms. The van der Waals surface area contributed by atoms with Crippen LogP contribution in [0.2, 0.25) is 0 Å². The van der Waals surface area contributed by atoms with E-state index in [4.69, 9.17) is 9.47 Å². The summed E-state index contributed by atoms with van der Waals surface area (Å²) in [6.07, 6.45) is 6.86. The van der Waals surface area contributed by atoms with Crippen molar-refractivity contribution in [3.63, 3.8) is 0 Å². The molecule has 0 saturated carbocycles. The molecule has 3 fully saturated rings. The summed E-state index contributed by atoms with van der Waals surface area (Å²) in [5.41, 5.74) is 0.222. The van der Waals surface area contributed by atoms with Gasteiger partial charge in [0.2, 0.25) is 0 Å². The van der Waals surface area contributed by atoms with Crippen molar-refractivity contribution in [1.82, 2.24) is 9.80 Å². The maximum Gasteiger partial charge on any atom is 0.409 e. The summed E-state index contributed by atoms with van der Waals surface area (Å²) in [6.45, 7) is 4.20. The summed E-state index contributed by atoms with van der Waals surface area (Å²) in [4.78, 5) is 16.3. The van der Waals surface area contributed by atoms with Crippen molar-refractivity contribution in [1.29, 1.82) is 0 Å². The van der Waals surface area contributed by atoms with Crippen LogP contribution in [-0.2, 0) is 9.47 Å². The average molecular weight is 282 g/mol. The van der Waals surface area contributed by atoms with Gasteiger partial charge in [-0.1, -0.05) is 0 Å². The van der Waals surface area contributed by atoms with Gasteiger partial charge in [-0.15, -0.1) is 0 Å². The Morgan fingerprint density at radius 1 is 1.20 bits per heavy atom. The third-order valence-corrected chi connectivity index (χ3v) is 5.21. The topological polar surface area (TPSA) is 42.0 Å². The number of methoxy groups -OCH3 is 1. The van der Waals surface area contributed by atoms with Crippen LogP contribution in [0.4, 0.5) is 4.79 Å². The first-order chi connectivity index (χ1) is 9.75. The maximum atomic E-state index is 12.0. The molecule has 0 N–H and O–H groups in total. The summed E-state index contributed by atoms with van der Waals surface area (Å²) in [7, 11) is 1.78. The zero-order valence-electron chi connectivity index (χ0n) is 12.5. The van der Waals surface area contributed by atoms with Gasteiger partial charge in [-0.25, -0.2) is 4.79 Å². The molecule has 5 heteroatoms. The lowest BCUT2D eigenvalue weighted by atomic mass is 9.95. The lowest BCUT2D eigenvalue weighted by Crippen LogP contribution is -2.47. The van der Waals surface area contributed by atoms with Gasteiger partial charge in [0, 0.05) is 31.8 Å². The molecule has 114 valence electrons. The van der Waals surface area contributed by atoms with Crippen molar-refractivity contribution in [2.75, 3.05) is 40.0 Å². The second-order valence-electron chi connectivity index (χ2n) is 6.42. The molecule has 3 aliphatic rings. The molecule has 3 rings (SSSR count). The number of carbonyl (C=O) groups is 1. The third-order valence-electron chi connectivity index (χ3n) is 5.21. The second kappa shape index (κ2) is 5.90. The second-order valence-corrected chi connectivity index (χ2v) is 6.42. The summed E-state index contributed by atoms with van der Waals surface area (Å²) >= 11 is 0. The minimum Gasteiger partial charge on any atom is -0.448 e. The van der Waals surface area contributed by atoms with E-state index in [0.717, 1.165) is 45.5 Å². The van der Waals surface area contributed by atoms with Crippen molar-refractivity contribution in [3.05, 3.63) is 0 Å². The zero-order valence-corrected chi connectivity index (χ0v) is 12.5. The molecular formula is C15H26N2O3. The van der Waals surface area contributed by atoms with Crippen LogP contribution >= 0.6 is 0 Å². The number of fused-ring (bicyclic) bond motifs is 1. The van der Waals surface area contributed by atoms with Gasteiger partial charge in [0.1, 0.15) is 6.61 Å². The van der Waals surface area contributed by atoms with Crippen LogP contribution in [0.3, 0.4) is 0 Å². The maximum absolute atomic E-state index is 12.0. The number of likely N-dealkylation sites (tertiary alicyclic amines) is 1. The van der Waals surface area contributed by atoms with E-state index in [0.29, 0.717) is 12.6 Å². The van der Waals surface area contributed by atoms with E-state index in [1.54, 1.807) is 7.11 Å². The van der Waals surface area contributed by atoms with Gasteiger partial charge >= 0.3 is 6.09 Å². The first-order valence-corrected chi connectivity index (χ1v) is 7.93. The van der Waals surface area contributed by atoms with Crippen LogP contribution in [0.1, 0.15) is 38.5 Å². The molecule has 0 aromatic rings. The van der Waals surface area contributed by atoms with Gasteiger partial charge in [0.05, 0.1) is 6.61 Å². The lowest BCUT2D eigenvalue weighted by molar-refractivity contribution is 0.0282. The summed E-state index contributed by atoms with van der Waals surface area (Å²) in [6, 6.07) is 0.388. The van der Waals surface area contributed by atoms with Gasteiger partial charge in [-0.3, -0.25) is 4.90 Å². The Hall–Kier alpha value is -0.810. The normalized spacial score (nSPS) is 33.6. The Bertz CT molecular complexity index is 357. The van der Waals surface area contributed by atoms with Crippen molar-refractivity contribution < 1.29 is 14.3 Å². The highest BCUT2D eigenvalue weighted by Crippen LogP contribution is 2.42. The van der Waals surface area contributed by atoms with Gasteiger partial charge in [0.15, 0.2) is 0 Å². The van der Waals surface area contributed by atoms with Gasteiger partial charge in [-0.2, -0.15) is 0 Å². The largest absolute Gasteiger partial charge is 0.448 e. The molecule has 0 aromatic heterocycles. The predicted octanol–water partition coefficient (Wildman–Crippen LogP) is 1.86. The van der Waals surface area contributed by atoms with Crippen LogP contribution in [0.5, 0.6) is 0 Å². The zero-order chi connectivity index (χ0) is 14.0. The molecule has 3 aliphatic heterocycles. The summed E-state index contributed by atoms with van der Waals surface area (Å²) in [5, 5.41) is 0. The van der Waals surface area contributed by atoms with Gasteiger partial charge in [-0.05, 0) is 45.1 Å². The summed E-state index contributed by atoms with van der Waals surface area (Å²) in [5.74, 6) is 0. The number of nitrogens with zero attached hydrogens (tertiary/aromatic N) is 2. The SMILES string of the molecule is COC[C@]12CCCN1C(COC(=O)N1CCCC1)CC2. The Labute approximate surface area is 121 Å². The highest BCUT2D eigenvalue weighted by molar-refractivity contribution is 5.67. The van der Waals surface area contributed by atoms with E-state index < -0.39 is 0 Å². The first kappa shape index (κ1) is 14.1. The van der Waals surface area contributed by atoms with E-state index in [1.807, 2.05) is 4.90 Å². The van der Waals surface area contributed by atoms with Gasteiger partial charge < -0.3 is 14.4 Å². The fraction of sp³-hybridized carbons (Fsp3) is 0.933. The highest BCUT2D eigenvalue weighted by Gasteiger charge is 2.49. The van der Waals surface area contributed by atoms with Crippen LogP contribution in [0.25, 0.3) is 0 Å². The fourth-order valence-electron chi connectivity index (χ4n) is 4.22. The van der Waals surface area contributed by atoms with Crippen molar-refractivity contribution in [3.8, 4) is 0 Å². The number of hydrogen-bond donors (Lipinski definition) is 0. The minimum atomic E-state index is -0.120. The Kier molecular flexibility index (Phi) is 4.17. The Morgan fingerprint density at radius 3 is 2.75 bits per heavy atom. The fourth-order valence-corrected chi connectivity index (χ4v) is 4.22. The van der Waals surface area contributed by atoms with E-state index >= 15 is 0 Å². The molecule has 0 aliphatic carbocycles. The van der Waals surface area contributed by atoms with E-state index in [2.05, 4.69) is 4.90 Å². The Balaban J connectivity index is 1.52. The molecule has 20 heavy (non-hydrogen) atoms. The highest BCUT2D eigenvalue weighted by atomic mass is 16.6.